The molecule has 0 aliphatic heterocycles. The molecule has 0 saturated carbocycles. The van der Waals surface area contributed by atoms with Gasteiger partial charge in [0.2, 0.25) is 0 Å². The molecule has 0 heterocycles. The number of hydrazine groups is 1. The van der Waals surface area contributed by atoms with Crippen LogP contribution in [-0.2, 0) is 0 Å². The Morgan fingerprint density at radius 1 is 1.20 bits per heavy atom. The highest BCUT2D eigenvalue weighted by atomic mass is 35.5. The van der Waals surface area contributed by atoms with Crippen molar-refractivity contribution in [1.29, 1.82) is 0 Å². The third kappa shape index (κ3) is 2.93. The molecule has 3 nitrogen and oxygen atoms in total. The lowest BCUT2D eigenvalue weighted by atomic mass is 9.95. The summed E-state index contributed by atoms with van der Waals surface area (Å²) in [4.78, 5) is 0. The van der Waals surface area contributed by atoms with Crippen molar-refractivity contribution in [3.05, 3.63) is 63.9 Å². The Balaban J connectivity index is 2.47. The fourth-order valence-corrected chi connectivity index (χ4v) is 2.46. The molecule has 1 unspecified atom stereocenters. The standard InChI is InChI=1S/C15H16ClFN2O/c1-9-7-11(20-2)4-6-12(9)15(19-18)13-5-3-10(17)8-14(13)16/h3-8,15,19H,18H2,1-2H3. The molecule has 2 aromatic carbocycles. The molecule has 0 spiro atoms. The van der Waals surface area contributed by atoms with E-state index in [0.29, 0.717) is 5.02 Å². The van der Waals surface area contributed by atoms with Gasteiger partial charge in [0.05, 0.1) is 13.2 Å². The first kappa shape index (κ1) is 14.8. The van der Waals surface area contributed by atoms with Gasteiger partial charge in [0, 0.05) is 5.02 Å². The number of aryl methyl sites for hydroxylation is 1. The number of nitrogens with one attached hydrogen (secondary N) is 1. The summed E-state index contributed by atoms with van der Waals surface area (Å²) in [5.41, 5.74) is 5.42. The van der Waals surface area contributed by atoms with E-state index in [-0.39, 0.29) is 11.9 Å². The Hall–Kier alpha value is -1.62. The van der Waals surface area contributed by atoms with Gasteiger partial charge < -0.3 is 4.74 Å². The summed E-state index contributed by atoms with van der Waals surface area (Å²) < 4.78 is 18.3. The molecule has 0 bridgehead atoms. The summed E-state index contributed by atoms with van der Waals surface area (Å²) in [5, 5.41) is 0.336. The zero-order valence-electron chi connectivity index (χ0n) is 11.3. The minimum atomic E-state index is -0.374. The van der Waals surface area contributed by atoms with E-state index in [0.717, 1.165) is 22.4 Å². The van der Waals surface area contributed by atoms with Crippen LogP contribution in [0.3, 0.4) is 0 Å². The van der Waals surface area contributed by atoms with E-state index in [9.17, 15) is 4.39 Å². The van der Waals surface area contributed by atoms with E-state index in [1.807, 2.05) is 25.1 Å². The Bertz CT molecular complexity index is 619. The Morgan fingerprint density at radius 3 is 2.45 bits per heavy atom. The van der Waals surface area contributed by atoms with Crippen LogP contribution in [0.5, 0.6) is 5.75 Å². The van der Waals surface area contributed by atoms with Gasteiger partial charge in [-0.1, -0.05) is 23.7 Å². The minimum Gasteiger partial charge on any atom is -0.497 e. The van der Waals surface area contributed by atoms with E-state index in [2.05, 4.69) is 5.43 Å². The average Bonchev–Trinajstić information content (AvgIpc) is 2.43. The molecule has 0 amide bonds. The summed E-state index contributed by atoms with van der Waals surface area (Å²) in [6, 6.07) is 9.64. The second kappa shape index (κ2) is 6.22. The monoisotopic (exact) mass is 294 g/mol. The summed E-state index contributed by atoms with van der Waals surface area (Å²) in [7, 11) is 1.62. The molecule has 2 aromatic rings. The molecule has 20 heavy (non-hydrogen) atoms. The van der Waals surface area contributed by atoms with Crippen LogP contribution in [0.2, 0.25) is 5.02 Å². The maximum atomic E-state index is 13.1. The first-order valence-electron chi connectivity index (χ1n) is 6.12. The topological polar surface area (TPSA) is 47.3 Å². The highest BCUT2D eigenvalue weighted by molar-refractivity contribution is 6.31. The summed E-state index contributed by atoms with van der Waals surface area (Å²) in [6.07, 6.45) is 0. The maximum absolute atomic E-state index is 13.1. The molecule has 0 aromatic heterocycles. The van der Waals surface area contributed by atoms with Gasteiger partial charge in [-0.2, -0.15) is 0 Å². The van der Waals surface area contributed by atoms with Crippen LogP contribution < -0.4 is 16.0 Å². The lowest BCUT2D eigenvalue weighted by Gasteiger charge is -2.20. The van der Waals surface area contributed by atoms with Crippen molar-refractivity contribution in [3.8, 4) is 5.75 Å². The molecule has 2 rings (SSSR count). The van der Waals surface area contributed by atoms with Crippen molar-refractivity contribution in [2.24, 2.45) is 5.84 Å². The van der Waals surface area contributed by atoms with E-state index in [1.165, 1.54) is 12.1 Å². The van der Waals surface area contributed by atoms with E-state index in [4.69, 9.17) is 22.2 Å². The van der Waals surface area contributed by atoms with E-state index < -0.39 is 0 Å². The van der Waals surface area contributed by atoms with Crippen LogP contribution in [-0.4, -0.2) is 7.11 Å². The van der Waals surface area contributed by atoms with Crippen molar-refractivity contribution in [3.63, 3.8) is 0 Å². The number of nitrogens with two attached hydrogens (primary N) is 1. The zero-order chi connectivity index (χ0) is 14.7. The number of hydrogen-bond donors (Lipinski definition) is 2. The van der Waals surface area contributed by atoms with Crippen molar-refractivity contribution < 1.29 is 9.13 Å². The zero-order valence-corrected chi connectivity index (χ0v) is 12.0. The Kier molecular flexibility index (Phi) is 4.60. The normalized spacial score (nSPS) is 12.2. The summed E-state index contributed by atoms with van der Waals surface area (Å²) >= 11 is 6.10. The van der Waals surface area contributed by atoms with Gasteiger partial charge in [0.15, 0.2) is 0 Å². The Morgan fingerprint density at radius 2 is 1.90 bits per heavy atom. The van der Waals surface area contributed by atoms with Gasteiger partial charge >= 0.3 is 0 Å². The van der Waals surface area contributed by atoms with Crippen LogP contribution >= 0.6 is 11.6 Å². The molecule has 3 N–H and O–H groups in total. The summed E-state index contributed by atoms with van der Waals surface area (Å²) in [5.74, 6) is 6.05. The van der Waals surface area contributed by atoms with Gasteiger partial charge in [-0.15, -0.1) is 0 Å². The number of hydrogen-bond acceptors (Lipinski definition) is 3. The molecule has 1 atom stereocenters. The van der Waals surface area contributed by atoms with Gasteiger partial charge in [0.25, 0.3) is 0 Å². The smallest absolute Gasteiger partial charge is 0.124 e. The highest BCUT2D eigenvalue weighted by Gasteiger charge is 2.18. The van der Waals surface area contributed by atoms with Crippen molar-refractivity contribution in [2.45, 2.75) is 13.0 Å². The molecule has 106 valence electrons. The van der Waals surface area contributed by atoms with E-state index in [1.54, 1.807) is 13.2 Å². The number of ether oxygens (including phenoxy) is 1. The van der Waals surface area contributed by atoms with Gasteiger partial charge in [0.1, 0.15) is 11.6 Å². The third-order valence-electron chi connectivity index (χ3n) is 3.23. The quantitative estimate of drug-likeness (QED) is 0.671. The Labute approximate surface area is 122 Å². The molecular weight excluding hydrogens is 279 g/mol. The van der Waals surface area contributed by atoms with Gasteiger partial charge in [-0.25, -0.2) is 9.82 Å². The van der Waals surface area contributed by atoms with Gasteiger partial charge in [-0.05, 0) is 47.9 Å². The van der Waals surface area contributed by atoms with Crippen molar-refractivity contribution in [1.82, 2.24) is 5.43 Å². The van der Waals surface area contributed by atoms with Crippen LogP contribution in [0.1, 0.15) is 22.7 Å². The predicted molar refractivity (Wildman–Crippen MR) is 78.3 cm³/mol. The largest absolute Gasteiger partial charge is 0.497 e. The lowest BCUT2D eigenvalue weighted by molar-refractivity contribution is 0.414. The van der Waals surface area contributed by atoms with Gasteiger partial charge in [-0.3, -0.25) is 5.84 Å². The molecule has 0 saturated heterocycles. The van der Waals surface area contributed by atoms with Crippen LogP contribution in [0.15, 0.2) is 36.4 Å². The average molecular weight is 295 g/mol. The summed E-state index contributed by atoms with van der Waals surface area (Å²) in [6.45, 7) is 1.96. The second-order valence-corrected chi connectivity index (χ2v) is 4.90. The van der Waals surface area contributed by atoms with E-state index >= 15 is 0 Å². The molecule has 0 radical (unpaired) electrons. The third-order valence-corrected chi connectivity index (χ3v) is 3.56. The predicted octanol–water partition coefficient (Wildman–Crippen LogP) is 3.35. The van der Waals surface area contributed by atoms with Crippen molar-refractivity contribution >= 4 is 11.6 Å². The second-order valence-electron chi connectivity index (χ2n) is 4.49. The number of methoxy groups -OCH3 is 1. The fraction of sp³-hybridized carbons (Fsp3) is 0.200. The molecule has 0 aliphatic carbocycles. The fourth-order valence-electron chi connectivity index (χ4n) is 2.18. The highest BCUT2D eigenvalue weighted by Crippen LogP contribution is 2.31. The minimum absolute atomic E-state index is 0.311. The molecular formula is C15H16ClFN2O. The molecule has 5 heteroatoms. The number of rotatable bonds is 4. The van der Waals surface area contributed by atoms with Crippen LogP contribution in [0.4, 0.5) is 4.39 Å². The van der Waals surface area contributed by atoms with Crippen molar-refractivity contribution in [2.75, 3.05) is 7.11 Å². The first-order valence-corrected chi connectivity index (χ1v) is 6.50. The van der Waals surface area contributed by atoms with Crippen LogP contribution in [0.25, 0.3) is 0 Å². The first-order chi connectivity index (χ1) is 9.56. The van der Waals surface area contributed by atoms with Crippen LogP contribution in [0, 0.1) is 12.7 Å². The lowest BCUT2D eigenvalue weighted by Crippen LogP contribution is -2.29. The molecule has 0 fully saturated rings. The number of halogens is 2. The molecule has 0 aliphatic rings. The maximum Gasteiger partial charge on any atom is 0.124 e. The number of benzene rings is 2. The SMILES string of the molecule is COc1ccc(C(NN)c2ccc(F)cc2Cl)c(C)c1.